The first-order valence-corrected chi connectivity index (χ1v) is 10.1. The van der Waals surface area contributed by atoms with E-state index < -0.39 is 0 Å². The molecule has 0 radical (unpaired) electrons. The maximum absolute atomic E-state index is 6.41. The van der Waals surface area contributed by atoms with Crippen LogP contribution >= 0.6 is 11.6 Å². The first-order valence-electron chi connectivity index (χ1n) is 9.68. The highest BCUT2D eigenvalue weighted by molar-refractivity contribution is 6.31. The Labute approximate surface area is 171 Å². The zero-order valence-electron chi connectivity index (χ0n) is 16.9. The molecule has 28 heavy (non-hydrogen) atoms. The summed E-state index contributed by atoms with van der Waals surface area (Å²) in [4.78, 5) is 12.2. The van der Waals surface area contributed by atoms with E-state index in [2.05, 4.69) is 36.1 Å². The molecule has 3 N–H and O–H groups in total. The molecule has 1 unspecified atom stereocenters. The summed E-state index contributed by atoms with van der Waals surface area (Å²) in [6, 6.07) is 8.09. The molecule has 4 rings (SSSR count). The van der Waals surface area contributed by atoms with Gasteiger partial charge in [0.05, 0.1) is 6.54 Å². The first-order chi connectivity index (χ1) is 13.2. The van der Waals surface area contributed by atoms with Crippen molar-refractivity contribution in [3.05, 3.63) is 40.7 Å². The molecule has 1 fully saturated rings. The summed E-state index contributed by atoms with van der Waals surface area (Å²) in [5, 5.41) is 4.81. The van der Waals surface area contributed by atoms with Crippen LogP contribution in [0.2, 0.25) is 5.02 Å². The largest absolute Gasteiger partial charge is 0.353 e. The minimum Gasteiger partial charge on any atom is -0.353 e. The molecule has 150 valence electrons. The average Bonchev–Trinajstić information content (AvgIpc) is 3.19. The molecule has 1 aromatic heterocycles. The van der Waals surface area contributed by atoms with Crippen LogP contribution in [0, 0.1) is 0 Å². The number of benzene rings is 1. The number of nitrogens with two attached hydrogens (primary N) is 1. The predicted octanol–water partition coefficient (Wildman–Crippen LogP) is 3.16. The van der Waals surface area contributed by atoms with E-state index in [9.17, 15) is 0 Å². The minimum absolute atomic E-state index is 0.164. The van der Waals surface area contributed by atoms with Crippen LogP contribution in [0.1, 0.15) is 38.6 Å². The molecule has 0 amide bonds. The van der Waals surface area contributed by atoms with E-state index in [4.69, 9.17) is 27.3 Å². The highest BCUT2D eigenvalue weighted by atomic mass is 35.5. The predicted molar refractivity (Wildman–Crippen MR) is 115 cm³/mol. The fraction of sp³-hybridized carbons (Fsp3) is 0.500. The Bertz CT molecular complexity index is 879. The van der Waals surface area contributed by atoms with Crippen molar-refractivity contribution >= 4 is 28.9 Å². The number of aromatic nitrogens is 2. The molecule has 8 heteroatoms. The van der Waals surface area contributed by atoms with Crippen LogP contribution in [0.3, 0.4) is 0 Å². The number of halogens is 1. The fourth-order valence-corrected chi connectivity index (χ4v) is 3.80. The van der Waals surface area contributed by atoms with E-state index in [1.165, 1.54) is 0 Å². The van der Waals surface area contributed by atoms with E-state index in [-0.39, 0.29) is 11.5 Å². The normalized spacial score (nSPS) is 19.9. The van der Waals surface area contributed by atoms with Crippen molar-refractivity contribution in [3.63, 3.8) is 0 Å². The number of fused-ring (bicyclic) bond motifs is 1. The number of hydrogen-bond acceptors (Lipinski definition) is 7. The molecule has 7 nitrogen and oxygen atoms in total. The topological polar surface area (TPSA) is 73.5 Å². The SMILES string of the molecule is CN1Nc2c(N3CCC(N)C3)nc(C(C)(C)C)nc2N1Cc1ccccc1Cl. The van der Waals surface area contributed by atoms with Gasteiger partial charge in [0, 0.05) is 36.6 Å². The Morgan fingerprint density at radius 1 is 1.21 bits per heavy atom. The number of nitrogens with one attached hydrogen (secondary N) is 1. The first kappa shape index (κ1) is 19.2. The monoisotopic (exact) mass is 401 g/mol. The summed E-state index contributed by atoms with van der Waals surface area (Å²) in [7, 11) is 1.98. The van der Waals surface area contributed by atoms with Gasteiger partial charge in [0.15, 0.2) is 11.6 Å². The highest BCUT2D eigenvalue weighted by Crippen LogP contribution is 2.41. The smallest absolute Gasteiger partial charge is 0.175 e. The molecule has 1 aromatic carbocycles. The number of rotatable bonds is 3. The lowest BCUT2D eigenvalue weighted by atomic mass is 9.95. The lowest BCUT2D eigenvalue weighted by Crippen LogP contribution is -2.38. The molecule has 0 aliphatic carbocycles. The lowest BCUT2D eigenvalue weighted by Gasteiger charge is -2.26. The Morgan fingerprint density at radius 2 is 1.93 bits per heavy atom. The van der Waals surface area contributed by atoms with Crippen LogP contribution in [-0.4, -0.2) is 41.3 Å². The zero-order valence-corrected chi connectivity index (χ0v) is 17.7. The van der Waals surface area contributed by atoms with Gasteiger partial charge >= 0.3 is 0 Å². The Kier molecular flexibility index (Phi) is 4.85. The third-order valence-corrected chi connectivity index (χ3v) is 5.59. The van der Waals surface area contributed by atoms with Gasteiger partial charge in [-0.2, -0.15) is 0 Å². The number of nitrogens with zero attached hydrogens (tertiary/aromatic N) is 5. The summed E-state index contributed by atoms with van der Waals surface area (Å²) in [5.41, 5.74) is 11.4. The van der Waals surface area contributed by atoms with Gasteiger partial charge < -0.3 is 10.6 Å². The fourth-order valence-electron chi connectivity index (χ4n) is 3.60. The third-order valence-electron chi connectivity index (χ3n) is 5.22. The van der Waals surface area contributed by atoms with Crippen LogP contribution in [0.25, 0.3) is 0 Å². The van der Waals surface area contributed by atoms with Crippen molar-refractivity contribution in [1.29, 1.82) is 0 Å². The van der Waals surface area contributed by atoms with Gasteiger partial charge in [0.1, 0.15) is 11.5 Å². The lowest BCUT2D eigenvalue weighted by molar-refractivity contribution is 0.378. The van der Waals surface area contributed by atoms with Crippen molar-refractivity contribution in [2.24, 2.45) is 5.73 Å². The summed E-state index contributed by atoms with van der Waals surface area (Å²) in [6.07, 6.45) is 0.975. The zero-order chi connectivity index (χ0) is 20.1. The molecule has 2 aliphatic rings. The van der Waals surface area contributed by atoms with Gasteiger partial charge in [0.25, 0.3) is 0 Å². The summed E-state index contributed by atoms with van der Waals surface area (Å²) >= 11 is 6.41. The molecule has 0 saturated carbocycles. The maximum atomic E-state index is 6.41. The standard InChI is InChI=1S/C20H28ClN7/c1-20(2,3)19-23-17(27-10-9-14(22)12-27)16-18(24-19)28(26(4)25-16)11-13-7-5-6-8-15(13)21/h5-8,14,25H,9-12,22H2,1-4H3. The Hall–Kier alpha value is -2.09. The van der Waals surface area contributed by atoms with Gasteiger partial charge in [-0.25, -0.2) is 9.97 Å². The third kappa shape index (κ3) is 3.50. The molecular weight excluding hydrogens is 374 g/mol. The van der Waals surface area contributed by atoms with Crippen LogP contribution in [0.5, 0.6) is 0 Å². The van der Waals surface area contributed by atoms with Crippen molar-refractivity contribution in [2.75, 3.05) is 35.5 Å². The van der Waals surface area contributed by atoms with Gasteiger partial charge in [-0.15, -0.1) is 5.12 Å². The highest BCUT2D eigenvalue weighted by Gasteiger charge is 2.35. The second-order valence-corrected chi connectivity index (χ2v) is 9.01. The molecule has 2 aliphatic heterocycles. The molecule has 1 atom stereocenters. The van der Waals surface area contributed by atoms with Crippen LogP contribution in [-0.2, 0) is 12.0 Å². The van der Waals surface area contributed by atoms with Crippen molar-refractivity contribution < 1.29 is 0 Å². The molecular formula is C20H28ClN7. The second kappa shape index (κ2) is 7.06. The van der Waals surface area contributed by atoms with Crippen molar-refractivity contribution in [2.45, 2.75) is 45.2 Å². The van der Waals surface area contributed by atoms with Crippen LogP contribution < -0.4 is 21.1 Å². The summed E-state index contributed by atoms with van der Waals surface area (Å²) in [6.45, 7) is 8.75. The average molecular weight is 402 g/mol. The maximum Gasteiger partial charge on any atom is 0.175 e. The van der Waals surface area contributed by atoms with Gasteiger partial charge in [0.2, 0.25) is 0 Å². The molecule has 2 aromatic rings. The molecule has 1 saturated heterocycles. The van der Waals surface area contributed by atoms with E-state index in [0.29, 0.717) is 6.54 Å². The van der Waals surface area contributed by atoms with E-state index in [1.54, 1.807) is 0 Å². The molecule has 0 spiro atoms. The van der Waals surface area contributed by atoms with E-state index >= 15 is 0 Å². The number of anilines is 3. The van der Waals surface area contributed by atoms with E-state index in [0.717, 1.165) is 53.2 Å². The Balaban J connectivity index is 1.78. The Morgan fingerprint density at radius 3 is 2.57 bits per heavy atom. The molecule has 0 bridgehead atoms. The van der Waals surface area contributed by atoms with E-state index in [1.807, 2.05) is 36.4 Å². The minimum atomic E-state index is -0.164. The van der Waals surface area contributed by atoms with Crippen LogP contribution in [0.15, 0.2) is 24.3 Å². The van der Waals surface area contributed by atoms with Gasteiger partial charge in [-0.1, -0.05) is 50.6 Å². The van der Waals surface area contributed by atoms with Crippen LogP contribution in [0.4, 0.5) is 17.3 Å². The van der Waals surface area contributed by atoms with Gasteiger partial charge in [-0.05, 0) is 18.1 Å². The number of hydrogen-bond donors (Lipinski definition) is 2. The van der Waals surface area contributed by atoms with Crippen molar-refractivity contribution in [3.8, 4) is 0 Å². The second-order valence-electron chi connectivity index (χ2n) is 8.60. The number of hydrazine groups is 2. The van der Waals surface area contributed by atoms with Gasteiger partial charge in [-0.3, -0.25) is 10.4 Å². The summed E-state index contributed by atoms with van der Waals surface area (Å²) in [5.74, 6) is 2.62. The van der Waals surface area contributed by atoms with Crippen molar-refractivity contribution in [1.82, 2.24) is 15.1 Å². The summed E-state index contributed by atoms with van der Waals surface area (Å²) < 4.78 is 0. The quantitative estimate of drug-likeness (QED) is 0.818. The molecule has 3 heterocycles.